The lowest BCUT2D eigenvalue weighted by molar-refractivity contribution is -0.115. The second-order valence-corrected chi connectivity index (χ2v) is 10.0. The number of methoxy groups -OCH3 is 2. The third-order valence-electron chi connectivity index (χ3n) is 5.71. The molecular weight excluding hydrogens is 532 g/mol. The van der Waals surface area contributed by atoms with Crippen LogP contribution in [0.2, 0.25) is 0 Å². The second kappa shape index (κ2) is 13.2. The van der Waals surface area contributed by atoms with E-state index in [2.05, 4.69) is 39.8 Å². The number of amides is 1. The number of anilines is 5. The van der Waals surface area contributed by atoms with E-state index in [-0.39, 0.29) is 29.8 Å². The van der Waals surface area contributed by atoms with Crippen LogP contribution in [-0.4, -0.2) is 51.9 Å². The summed E-state index contributed by atoms with van der Waals surface area (Å²) in [6.07, 6.45) is 0. The van der Waals surface area contributed by atoms with Crippen molar-refractivity contribution in [2.45, 2.75) is 13.8 Å². The average molecular weight is 564 g/mol. The highest BCUT2D eigenvalue weighted by atomic mass is 32.2. The molecule has 1 atom stereocenters. The van der Waals surface area contributed by atoms with Crippen LogP contribution in [0.1, 0.15) is 13.8 Å². The van der Waals surface area contributed by atoms with E-state index in [9.17, 15) is 13.6 Å². The third-order valence-corrected chi connectivity index (χ3v) is 6.39. The Hall–Kier alpha value is -4.26. The molecule has 1 heterocycles. The summed E-state index contributed by atoms with van der Waals surface area (Å²) in [6.45, 7) is 4.94. The number of aromatic nitrogens is 2. The fourth-order valence-corrected chi connectivity index (χ4v) is 4.46. The highest BCUT2D eigenvalue weighted by Gasteiger charge is 2.20. The molecular formula is C28H31N6O5S-. The number of benzene rings is 3. The molecule has 12 heteroatoms. The summed E-state index contributed by atoms with van der Waals surface area (Å²) in [6, 6.07) is 18.8. The molecule has 210 valence electrons. The summed E-state index contributed by atoms with van der Waals surface area (Å²) >= 11 is -2.79. The molecule has 1 unspecified atom stereocenters. The standard InChI is InChI=1S/C28H32N6O5S/c1-18(2)16-29-17-26(35)30-19-8-7-9-21(12-19)34(40(36)37)28-27(32-24-10-5-6-11-25(24)33-28)31-20-13-22(38-3)15-23(14-20)39-4/h5-15,18,29H,16-17H2,1-4H3,(H,30,35)(H,31,32)(H,36,37)/p-1. The van der Waals surface area contributed by atoms with Crippen molar-refractivity contribution in [2.75, 3.05) is 42.2 Å². The second-order valence-electron chi connectivity index (χ2n) is 9.25. The van der Waals surface area contributed by atoms with E-state index >= 15 is 0 Å². The maximum atomic E-state index is 12.7. The lowest BCUT2D eigenvalue weighted by Gasteiger charge is -2.27. The van der Waals surface area contributed by atoms with Crippen LogP contribution in [0.4, 0.5) is 28.7 Å². The predicted octanol–water partition coefficient (Wildman–Crippen LogP) is 4.51. The first-order valence-electron chi connectivity index (χ1n) is 12.5. The Morgan fingerprint density at radius 1 is 0.950 bits per heavy atom. The van der Waals surface area contributed by atoms with Crippen molar-refractivity contribution >= 4 is 56.9 Å². The van der Waals surface area contributed by atoms with Crippen LogP contribution in [0.3, 0.4) is 0 Å². The number of hydrogen-bond donors (Lipinski definition) is 3. The Bertz CT molecular complexity index is 1490. The Morgan fingerprint density at radius 2 is 1.62 bits per heavy atom. The summed E-state index contributed by atoms with van der Waals surface area (Å²) in [5.74, 6) is 1.45. The van der Waals surface area contributed by atoms with Crippen LogP contribution in [0.5, 0.6) is 11.5 Å². The number of carbonyl (C=O) groups excluding carboxylic acids is 1. The van der Waals surface area contributed by atoms with Gasteiger partial charge in [0, 0.05) is 29.6 Å². The van der Waals surface area contributed by atoms with E-state index < -0.39 is 11.3 Å². The minimum absolute atomic E-state index is 0.0379. The van der Waals surface area contributed by atoms with Crippen molar-refractivity contribution in [1.82, 2.24) is 15.3 Å². The molecule has 1 aromatic heterocycles. The molecule has 11 nitrogen and oxygen atoms in total. The van der Waals surface area contributed by atoms with Crippen molar-refractivity contribution in [2.24, 2.45) is 5.92 Å². The smallest absolute Gasteiger partial charge is 0.238 e. The van der Waals surface area contributed by atoms with Gasteiger partial charge in [-0.25, -0.2) is 9.97 Å². The largest absolute Gasteiger partial charge is 0.755 e. The SMILES string of the molecule is COc1cc(Nc2nc3ccccc3nc2N(c2cccc(NC(=O)CNCC(C)C)c2)S(=O)[O-])cc(OC)c1. The number of fused-ring (bicyclic) bond motifs is 1. The zero-order chi connectivity index (χ0) is 28.6. The average Bonchev–Trinajstić information content (AvgIpc) is 2.93. The molecule has 0 radical (unpaired) electrons. The number of para-hydroxylation sites is 2. The van der Waals surface area contributed by atoms with Gasteiger partial charge in [-0.1, -0.05) is 32.0 Å². The minimum atomic E-state index is -2.79. The lowest BCUT2D eigenvalue weighted by atomic mass is 10.2. The molecule has 40 heavy (non-hydrogen) atoms. The van der Waals surface area contributed by atoms with Gasteiger partial charge in [-0.3, -0.25) is 13.3 Å². The minimum Gasteiger partial charge on any atom is -0.755 e. The Kier molecular flexibility index (Phi) is 9.48. The van der Waals surface area contributed by atoms with E-state index in [0.29, 0.717) is 46.4 Å². The van der Waals surface area contributed by atoms with Crippen LogP contribution < -0.4 is 29.7 Å². The fourth-order valence-electron chi connectivity index (χ4n) is 3.90. The van der Waals surface area contributed by atoms with Gasteiger partial charge in [0.15, 0.2) is 11.6 Å². The lowest BCUT2D eigenvalue weighted by Crippen LogP contribution is -2.30. The van der Waals surface area contributed by atoms with Gasteiger partial charge >= 0.3 is 0 Å². The summed E-state index contributed by atoms with van der Waals surface area (Å²) in [5, 5.41) is 9.06. The fraction of sp³-hybridized carbons (Fsp3) is 0.250. The summed E-state index contributed by atoms with van der Waals surface area (Å²) in [5.41, 5.74) is 2.31. The topological polar surface area (TPSA) is 141 Å². The molecule has 0 saturated heterocycles. The Morgan fingerprint density at radius 3 is 2.25 bits per heavy atom. The first-order chi connectivity index (χ1) is 19.3. The predicted molar refractivity (Wildman–Crippen MR) is 156 cm³/mol. The molecule has 3 N–H and O–H groups in total. The van der Waals surface area contributed by atoms with Crippen molar-refractivity contribution in [3.05, 3.63) is 66.7 Å². The van der Waals surface area contributed by atoms with Crippen molar-refractivity contribution in [3.8, 4) is 11.5 Å². The number of rotatable bonds is 12. The number of hydrogen-bond acceptors (Lipinski definition) is 9. The first-order valence-corrected chi connectivity index (χ1v) is 13.6. The van der Waals surface area contributed by atoms with E-state index in [0.717, 1.165) is 4.31 Å². The van der Waals surface area contributed by atoms with Gasteiger partial charge in [-0.2, -0.15) is 0 Å². The van der Waals surface area contributed by atoms with E-state index in [1.54, 1.807) is 60.7 Å². The van der Waals surface area contributed by atoms with E-state index in [1.165, 1.54) is 14.2 Å². The number of carbonyl (C=O) groups is 1. The van der Waals surface area contributed by atoms with E-state index in [4.69, 9.17) is 9.47 Å². The van der Waals surface area contributed by atoms with Crippen molar-refractivity contribution in [3.63, 3.8) is 0 Å². The van der Waals surface area contributed by atoms with Gasteiger partial charge in [0.05, 0.1) is 48.8 Å². The quantitative estimate of drug-likeness (QED) is 0.212. The first kappa shape index (κ1) is 28.7. The molecule has 0 aliphatic rings. The summed E-state index contributed by atoms with van der Waals surface area (Å²) in [7, 11) is 3.07. The molecule has 0 saturated carbocycles. The molecule has 4 rings (SSSR count). The van der Waals surface area contributed by atoms with Crippen LogP contribution in [0.15, 0.2) is 66.7 Å². The Balaban J connectivity index is 1.73. The highest BCUT2D eigenvalue weighted by Crippen LogP contribution is 2.36. The van der Waals surface area contributed by atoms with Gasteiger partial charge in [-0.15, -0.1) is 0 Å². The van der Waals surface area contributed by atoms with Crippen molar-refractivity contribution < 1.29 is 23.0 Å². The van der Waals surface area contributed by atoms with E-state index in [1.807, 2.05) is 6.07 Å². The maximum Gasteiger partial charge on any atom is 0.238 e. The number of ether oxygens (including phenoxy) is 2. The van der Waals surface area contributed by atoms with Crippen LogP contribution in [0, 0.1) is 5.92 Å². The van der Waals surface area contributed by atoms with Gasteiger partial charge < -0.3 is 30.0 Å². The van der Waals surface area contributed by atoms with Gasteiger partial charge in [0.25, 0.3) is 0 Å². The zero-order valence-electron chi connectivity index (χ0n) is 22.6. The summed E-state index contributed by atoms with van der Waals surface area (Å²) < 4.78 is 37.1. The molecule has 3 aromatic carbocycles. The maximum absolute atomic E-state index is 12.7. The molecule has 4 aromatic rings. The van der Waals surface area contributed by atoms with Crippen LogP contribution in [0.25, 0.3) is 11.0 Å². The Labute approximate surface area is 235 Å². The monoisotopic (exact) mass is 563 g/mol. The number of nitrogens with one attached hydrogen (secondary N) is 3. The van der Waals surface area contributed by atoms with Gasteiger partial charge in [-0.05, 0) is 42.8 Å². The third kappa shape index (κ3) is 7.23. The van der Waals surface area contributed by atoms with Crippen LogP contribution >= 0.6 is 0 Å². The highest BCUT2D eigenvalue weighted by molar-refractivity contribution is 7.81. The van der Waals surface area contributed by atoms with Gasteiger partial charge in [0.1, 0.15) is 11.5 Å². The van der Waals surface area contributed by atoms with Crippen LogP contribution in [-0.2, 0) is 16.1 Å². The number of nitrogens with zero attached hydrogens (tertiary/aromatic N) is 3. The molecule has 1 amide bonds. The molecule has 0 aliphatic heterocycles. The molecule has 0 bridgehead atoms. The normalized spacial score (nSPS) is 11.8. The van der Waals surface area contributed by atoms with Crippen molar-refractivity contribution in [1.29, 1.82) is 0 Å². The zero-order valence-corrected chi connectivity index (χ0v) is 23.5. The van der Waals surface area contributed by atoms with Gasteiger partial charge in [0.2, 0.25) is 5.91 Å². The summed E-state index contributed by atoms with van der Waals surface area (Å²) in [4.78, 5) is 21.8. The molecule has 0 aliphatic carbocycles. The molecule has 0 fully saturated rings. The molecule has 0 spiro atoms.